The van der Waals surface area contributed by atoms with Crippen LogP contribution in [0.5, 0.6) is 0 Å². The molecule has 122 valence electrons. The van der Waals surface area contributed by atoms with Crippen LogP contribution in [0.15, 0.2) is 0 Å². The highest BCUT2D eigenvalue weighted by molar-refractivity contribution is 7.80. The summed E-state index contributed by atoms with van der Waals surface area (Å²) >= 11 is 5.30. The fourth-order valence-corrected chi connectivity index (χ4v) is 3.74. The Kier molecular flexibility index (Phi) is 6.64. The van der Waals surface area contributed by atoms with Crippen molar-refractivity contribution in [1.29, 1.82) is 0 Å². The van der Waals surface area contributed by atoms with Crippen LogP contribution in [0.3, 0.4) is 0 Å². The lowest BCUT2D eigenvalue weighted by atomic mass is 9.75. The molecular weight excluding hydrogens is 280 g/mol. The highest BCUT2D eigenvalue weighted by atomic mass is 32.1. The van der Waals surface area contributed by atoms with Gasteiger partial charge < -0.3 is 10.6 Å². The molecule has 3 nitrogen and oxygen atoms in total. The molecule has 0 bridgehead atoms. The predicted molar refractivity (Wildman–Crippen MR) is 93.2 cm³/mol. The maximum atomic E-state index is 13.1. The maximum absolute atomic E-state index is 13.1. The van der Waals surface area contributed by atoms with Crippen LogP contribution >= 0.6 is 12.2 Å². The number of hydrogen-bond donors (Lipinski definition) is 1. The minimum atomic E-state index is -0.612. The van der Waals surface area contributed by atoms with Crippen LogP contribution in [-0.4, -0.2) is 28.9 Å². The molecule has 0 atom stereocenters. The van der Waals surface area contributed by atoms with Gasteiger partial charge in [-0.1, -0.05) is 59.2 Å². The molecule has 1 amide bonds. The molecule has 0 aromatic heterocycles. The Morgan fingerprint density at radius 2 is 1.67 bits per heavy atom. The van der Waals surface area contributed by atoms with Crippen LogP contribution in [0.4, 0.5) is 0 Å². The smallest absolute Gasteiger partial charge is 0.235 e. The molecule has 0 aromatic carbocycles. The first kappa shape index (κ1) is 18.4. The Morgan fingerprint density at radius 1 is 1.19 bits per heavy atom. The van der Waals surface area contributed by atoms with E-state index in [0.717, 1.165) is 51.6 Å². The summed E-state index contributed by atoms with van der Waals surface area (Å²) < 4.78 is 0. The summed E-state index contributed by atoms with van der Waals surface area (Å²) in [5, 5.41) is 0. The number of likely N-dealkylation sites (tertiary alicyclic amines) is 1. The lowest BCUT2D eigenvalue weighted by Crippen LogP contribution is -2.53. The van der Waals surface area contributed by atoms with Crippen LogP contribution in [0.1, 0.15) is 72.6 Å². The van der Waals surface area contributed by atoms with E-state index in [0.29, 0.717) is 10.4 Å². The van der Waals surface area contributed by atoms with Gasteiger partial charge in [-0.15, -0.1) is 0 Å². The van der Waals surface area contributed by atoms with Gasteiger partial charge in [0.25, 0.3) is 0 Å². The molecule has 0 aliphatic carbocycles. The van der Waals surface area contributed by atoms with E-state index < -0.39 is 5.41 Å². The average Bonchev–Trinajstić information content (AvgIpc) is 2.46. The van der Waals surface area contributed by atoms with Gasteiger partial charge in [-0.2, -0.15) is 0 Å². The quantitative estimate of drug-likeness (QED) is 0.725. The molecule has 1 fully saturated rings. The number of carbonyl (C=O) groups excluding carboxylic acids is 1. The Morgan fingerprint density at radius 3 is 2.00 bits per heavy atom. The van der Waals surface area contributed by atoms with E-state index in [1.807, 2.05) is 4.90 Å². The molecule has 1 saturated heterocycles. The zero-order valence-electron chi connectivity index (χ0n) is 14.2. The van der Waals surface area contributed by atoms with Crippen molar-refractivity contribution >= 4 is 23.1 Å². The summed E-state index contributed by atoms with van der Waals surface area (Å²) in [6.07, 6.45) is 6.77. The molecule has 0 saturated carbocycles. The normalized spacial score (nSPS) is 18.6. The SMILES string of the molecule is CCCC(CCC)(C(=O)N1CCC(C)(CC)CC1)C(N)=S. The van der Waals surface area contributed by atoms with Crippen molar-refractivity contribution in [3.05, 3.63) is 0 Å². The van der Waals surface area contributed by atoms with E-state index in [1.54, 1.807) is 0 Å². The summed E-state index contributed by atoms with van der Waals surface area (Å²) in [5.41, 5.74) is 5.79. The second-order valence-electron chi connectivity index (χ2n) is 6.90. The molecule has 1 heterocycles. The molecule has 0 spiro atoms. The van der Waals surface area contributed by atoms with Gasteiger partial charge in [0.05, 0.1) is 10.4 Å². The van der Waals surface area contributed by atoms with Crippen molar-refractivity contribution in [2.75, 3.05) is 13.1 Å². The molecule has 21 heavy (non-hydrogen) atoms. The molecule has 1 aliphatic heterocycles. The number of nitrogens with two attached hydrogens (primary N) is 1. The summed E-state index contributed by atoms with van der Waals surface area (Å²) in [4.78, 5) is 15.5. The molecule has 1 rings (SSSR count). The molecule has 2 N–H and O–H groups in total. The van der Waals surface area contributed by atoms with Crippen LogP contribution in [-0.2, 0) is 4.79 Å². The Hall–Kier alpha value is -0.640. The Bertz CT molecular complexity index is 367. The summed E-state index contributed by atoms with van der Waals surface area (Å²) in [5.74, 6) is 0.178. The highest BCUT2D eigenvalue weighted by Gasteiger charge is 2.44. The average molecular weight is 313 g/mol. The third kappa shape index (κ3) is 3.97. The van der Waals surface area contributed by atoms with Crippen LogP contribution < -0.4 is 5.73 Å². The van der Waals surface area contributed by atoms with Crippen LogP contribution in [0.2, 0.25) is 0 Å². The molecule has 1 aliphatic rings. The largest absolute Gasteiger partial charge is 0.392 e. The fraction of sp³-hybridized carbons (Fsp3) is 0.882. The summed E-state index contributed by atoms with van der Waals surface area (Å²) in [6.45, 7) is 10.5. The van der Waals surface area contributed by atoms with Gasteiger partial charge in [0, 0.05) is 13.1 Å². The number of nitrogens with zero attached hydrogens (tertiary/aromatic N) is 1. The minimum Gasteiger partial charge on any atom is -0.392 e. The number of hydrogen-bond acceptors (Lipinski definition) is 2. The standard InChI is InChI=1S/C17H32N2OS/c1-5-8-17(9-6-2,14(18)21)15(20)19-12-10-16(4,7-3)11-13-19/h5-13H2,1-4H3,(H2,18,21). The van der Waals surface area contributed by atoms with Gasteiger partial charge in [0.2, 0.25) is 5.91 Å². The maximum Gasteiger partial charge on any atom is 0.235 e. The van der Waals surface area contributed by atoms with E-state index in [2.05, 4.69) is 27.7 Å². The van der Waals surface area contributed by atoms with Crippen molar-refractivity contribution in [3.8, 4) is 0 Å². The number of amides is 1. The minimum absolute atomic E-state index is 0.178. The topological polar surface area (TPSA) is 46.3 Å². The first-order chi connectivity index (χ1) is 9.85. The summed E-state index contributed by atoms with van der Waals surface area (Å²) in [6, 6.07) is 0. The van der Waals surface area contributed by atoms with Gasteiger partial charge >= 0.3 is 0 Å². The van der Waals surface area contributed by atoms with Crippen molar-refractivity contribution in [2.24, 2.45) is 16.6 Å². The molecule has 0 aromatic rings. The van der Waals surface area contributed by atoms with Crippen molar-refractivity contribution in [2.45, 2.75) is 72.6 Å². The van der Waals surface area contributed by atoms with Gasteiger partial charge in [-0.25, -0.2) is 0 Å². The van der Waals surface area contributed by atoms with Gasteiger partial charge in [-0.3, -0.25) is 4.79 Å². The third-order valence-corrected chi connectivity index (χ3v) is 5.74. The summed E-state index contributed by atoms with van der Waals surface area (Å²) in [7, 11) is 0. The predicted octanol–water partition coefficient (Wildman–Crippen LogP) is 3.90. The van der Waals surface area contributed by atoms with E-state index in [-0.39, 0.29) is 5.91 Å². The Labute approximate surface area is 135 Å². The molecule has 4 heteroatoms. The van der Waals surface area contributed by atoms with Gasteiger partial charge in [0.1, 0.15) is 0 Å². The second-order valence-corrected chi connectivity index (χ2v) is 7.34. The van der Waals surface area contributed by atoms with E-state index in [1.165, 1.54) is 6.42 Å². The van der Waals surface area contributed by atoms with Crippen molar-refractivity contribution in [3.63, 3.8) is 0 Å². The zero-order chi connectivity index (χ0) is 16.1. The highest BCUT2D eigenvalue weighted by Crippen LogP contribution is 2.38. The van der Waals surface area contributed by atoms with Crippen LogP contribution in [0, 0.1) is 10.8 Å². The van der Waals surface area contributed by atoms with Crippen LogP contribution in [0.25, 0.3) is 0 Å². The number of thiocarbonyl (C=S) groups is 1. The molecule has 0 radical (unpaired) electrons. The number of rotatable bonds is 7. The van der Waals surface area contributed by atoms with E-state index in [4.69, 9.17) is 18.0 Å². The van der Waals surface area contributed by atoms with E-state index >= 15 is 0 Å². The van der Waals surface area contributed by atoms with Gasteiger partial charge in [-0.05, 0) is 31.1 Å². The zero-order valence-corrected chi connectivity index (χ0v) is 15.0. The lowest BCUT2D eigenvalue weighted by Gasteiger charge is -2.43. The van der Waals surface area contributed by atoms with Gasteiger partial charge in [0.15, 0.2) is 0 Å². The number of carbonyl (C=O) groups is 1. The number of piperidine rings is 1. The van der Waals surface area contributed by atoms with E-state index in [9.17, 15) is 4.79 Å². The lowest BCUT2D eigenvalue weighted by molar-refractivity contribution is -0.141. The monoisotopic (exact) mass is 312 g/mol. The second kappa shape index (κ2) is 7.57. The molecular formula is C17H32N2OS. The first-order valence-corrected chi connectivity index (χ1v) is 8.85. The van der Waals surface area contributed by atoms with Crippen molar-refractivity contribution in [1.82, 2.24) is 4.90 Å². The fourth-order valence-electron chi connectivity index (χ4n) is 3.45. The van der Waals surface area contributed by atoms with Crippen molar-refractivity contribution < 1.29 is 4.79 Å². The third-order valence-electron chi connectivity index (χ3n) is 5.35. The molecule has 0 unspecified atom stereocenters. The Balaban J connectivity index is 2.89. The first-order valence-electron chi connectivity index (χ1n) is 8.44.